The lowest BCUT2D eigenvalue weighted by Gasteiger charge is -2.24. The molecule has 1 unspecified atom stereocenters. The Bertz CT molecular complexity index is 732. The van der Waals surface area contributed by atoms with Gasteiger partial charge < -0.3 is 9.84 Å². The van der Waals surface area contributed by atoms with Crippen molar-refractivity contribution in [1.82, 2.24) is 0 Å². The van der Waals surface area contributed by atoms with Crippen LogP contribution < -0.4 is 4.74 Å². The molecule has 0 aromatic heterocycles. The molecule has 106 valence electrons. The molecule has 1 N–H and O–H groups in total. The van der Waals surface area contributed by atoms with Gasteiger partial charge in [0.05, 0.1) is 5.56 Å². The van der Waals surface area contributed by atoms with E-state index in [1.165, 1.54) is 18.2 Å². The second-order valence-corrected chi connectivity index (χ2v) is 4.93. The smallest absolute Gasteiger partial charge is 0.335 e. The quantitative estimate of drug-likeness (QED) is 0.913. The van der Waals surface area contributed by atoms with Gasteiger partial charge in [-0.15, -0.1) is 0 Å². The Kier molecular flexibility index (Phi) is 3.22. The summed E-state index contributed by atoms with van der Waals surface area (Å²) in [5.74, 6) is -0.664. The zero-order chi connectivity index (χ0) is 15.0. The minimum absolute atomic E-state index is 0.131. The summed E-state index contributed by atoms with van der Waals surface area (Å²) in [6, 6.07) is 10.9. The number of halogens is 1. The first-order chi connectivity index (χ1) is 10.0. The number of hydrogen-bond donors (Lipinski definition) is 1. The maximum absolute atomic E-state index is 13.1. The molecule has 0 aliphatic carbocycles. The molecule has 0 amide bonds. The van der Waals surface area contributed by atoms with E-state index < -0.39 is 5.97 Å². The molecule has 2 aromatic carbocycles. The summed E-state index contributed by atoms with van der Waals surface area (Å²) in [7, 11) is 0. The van der Waals surface area contributed by atoms with Crippen LogP contribution in [0.4, 0.5) is 4.39 Å². The SMILES string of the molecule is CC1C=C(c2ccc(F)cc2)c2cc(C(=O)O)ccc2O1. The van der Waals surface area contributed by atoms with Crippen LogP contribution >= 0.6 is 0 Å². The van der Waals surface area contributed by atoms with Gasteiger partial charge in [0.2, 0.25) is 0 Å². The fourth-order valence-electron chi connectivity index (χ4n) is 2.42. The molecule has 0 fully saturated rings. The first-order valence-electron chi connectivity index (χ1n) is 6.57. The van der Waals surface area contributed by atoms with Crippen molar-refractivity contribution in [3.05, 3.63) is 71.0 Å². The summed E-state index contributed by atoms with van der Waals surface area (Å²) < 4.78 is 18.8. The minimum atomic E-state index is -0.991. The number of fused-ring (bicyclic) bond motifs is 1. The Hall–Kier alpha value is -2.62. The molecule has 4 heteroatoms. The Morgan fingerprint density at radius 1 is 1.19 bits per heavy atom. The lowest BCUT2D eigenvalue weighted by atomic mass is 9.92. The molecule has 0 saturated carbocycles. The van der Waals surface area contributed by atoms with Crippen molar-refractivity contribution in [2.45, 2.75) is 13.0 Å². The molecule has 1 aliphatic heterocycles. The van der Waals surface area contributed by atoms with Gasteiger partial charge in [0.15, 0.2) is 0 Å². The fourth-order valence-corrected chi connectivity index (χ4v) is 2.42. The molecule has 3 nitrogen and oxygen atoms in total. The van der Waals surface area contributed by atoms with E-state index in [4.69, 9.17) is 9.84 Å². The monoisotopic (exact) mass is 284 g/mol. The number of hydrogen-bond acceptors (Lipinski definition) is 2. The van der Waals surface area contributed by atoms with E-state index in [0.717, 1.165) is 11.1 Å². The Balaban J connectivity index is 2.14. The number of benzene rings is 2. The molecule has 0 saturated heterocycles. The first-order valence-corrected chi connectivity index (χ1v) is 6.57. The van der Waals surface area contributed by atoms with Crippen LogP contribution in [0.25, 0.3) is 5.57 Å². The molecule has 0 bridgehead atoms. The van der Waals surface area contributed by atoms with E-state index in [-0.39, 0.29) is 17.5 Å². The maximum atomic E-state index is 13.1. The van der Waals surface area contributed by atoms with E-state index in [2.05, 4.69) is 0 Å². The molecular weight excluding hydrogens is 271 g/mol. The number of rotatable bonds is 2. The maximum Gasteiger partial charge on any atom is 0.335 e. The number of carboxylic acids is 1. The zero-order valence-electron chi connectivity index (χ0n) is 11.3. The standard InChI is InChI=1S/C17H13FO3/c1-10-8-14(11-2-5-13(18)6-3-11)15-9-12(17(19)20)4-7-16(15)21-10/h2-10H,1H3,(H,19,20). The van der Waals surface area contributed by atoms with Crippen molar-refractivity contribution >= 4 is 11.5 Å². The lowest BCUT2D eigenvalue weighted by molar-refractivity contribution is 0.0697. The van der Waals surface area contributed by atoms with Gasteiger partial charge in [-0.05, 0) is 54.5 Å². The van der Waals surface area contributed by atoms with Crippen molar-refractivity contribution < 1.29 is 19.0 Å². The van der Waals surface area contributed by atoms with Crippen LogP contribution in [0.5, 0.6) is 5.75 Å². The fraction of sp³-hybridized carbons (Fsp3) is 0.118. The van der Waals surface area contributed by atoms with Crippen molar-refractivity contribution in [1.29, 1.82) is 0 Å². The van der Waals surface area contributed by atoms with E-state index in [1.807, 2.05) is 13.0 Å². The first kappa shape index (κ1) is 13.4. The van der Waals surface area contributed by atoms with Crippen LogP contribution in [0.15, 0.2) is 48.5 Å². The van der Waals surface area contributed by atoms with Gasteiger partial charge in [-0.3, -0.25) is 0 Å². The molecule has 2 aromatic rings. The second-order valence-electron chi connectivity index (χ2n) is 4.93. The summed E-state index contributed by atoms with van der Waals surface area (Å²) in [5.41, 5.74) is 2.58. The van der Waals surface area contributed by atoms with Crippen molar-refractivity contribution in [2.75, 3.05) is 0 Å². The highest BCUT2D eigenvalue weighted by Crippen LogP contribution is 2.36. The van der Waals surface area contributed by atoms with E-state index >= 15 is 0 Å². The highest BCUT2D eigenvalue weighted by Gasteiger charge is 2.20. The van der Waals surface area contributed by atoms with Gasteiger partial charge in [-0.1, -0.05) is 12.1 Å². The van der Waals surface area contributed by atoms with E-state index in [9.17, 15) is 9.18 Å². The van der Waals surface area contributed by atoms with Gasteiger partial charge in [-0.2, -0.15) is 0 Å². The molecule has 1 heterocycles. The average molecular weight is 284 g/mol. The van der Waals surface area contributed by atoms with Crippen LogP contribution in [0.3, 0.4) is 0 Å². The molecule has 0 radical (unpaired) electrons. The molecule has 0 spiro atoms. The topological polar surface area (TPSA) is 46.5 Å². The van der Waals surface area contributed by atoms with Gasteiger partial charge >= 0.3 is 5.97 Å². The Morgan fingerprint density at radius 2 is 1.90 bits per heavy atom. The van der Waals surface area contributed by atoms with Crippen LogP contribution in [-0.4, -0.2) is 17.2 Å². The van der Waals surface area contributed by atoms with Crippen LogP contribution in [0.2, 0.25) is 0 Å². The summed E-state index contributed by atoms with van der Waals surface area (Å²) in [5, 5.41) is 9.12. The number of aromatic carboxylic acids is 1. The van der Waals surface area contributed by atoms with Gasteiger partial charge in [0.1, 0.15) is 17.7 Å². The van der Waals surface area contributed by atoms with Gasteiger partial charge in [0, 0.05) is 5.56 Å². The third kappa shape index (κ3) is 2.52. The Morgan fingerprint density at radius 3 is 2.57 bits per heavy atom. The minimum Gasteiger partial charge on any atom is -0.486 e. The molecule has 3 rings (SSSR count). The predicted octanol–water partition coefficient (Wildman–Crippen LogP) is 3.74. The average Bonchev–Trinajstić information content (AvgIpc) is 2.46. The van der Waals surface area contributed by atoms with Crippen molar-refractivity contribution in [2.24, 2.45) is 0 Å². The summed E-state index contributed by atoms with van der Waals surface area (Å²) >= 11 is 0. The molecular formula is C17H13FO3. The number of carbonyl (C=O) groups is 1. The second kappa shape index (κ2) is 5.05. The van der Waals surface area contributed by atoms with E-state index in [1.54, 1.807) is 24.3 Å². The lowest BCUT2D eigenvalue weighted by Crippen LogP contribution is -2.16. The molecule has 1 atom stereocenters. The summed E-state index contributed by atoms with van der Waals surface area (Å²) in [6.45, 7) is 1.90. The van der Waals surface area contributed by atoms with Gasteiger partial charge in [-0.25, -0.2) is 9.18 Å². The molecule has 21 heavy (non-hydrogen) atoms. The van der Waals surface area contributed by atoms with Crippen molar-refractivity contribution in [3.8, 4) is 5.75 Å². The van der Waals surface area contributed by atoms with E-state index in [0.29, 0.717) is 11.3 Å². The summed E-state index contributed by atoms with van der Waals surface area (Å²) in [6.07, 6.45) is 1.77. The number of carboxylic acid groups (broad SMARTS) is 1. The van der Waals surface area contributed by atoms with Crippen molar-refractivity contribution in [3.63, 3.8) is 0 Å². The normalized spacial score (nSPS) is 16.7. The Labute approximate surface area is 121 Å². The summed E-state index contributed by atoms with van der Waals surface area (Å²) in [4.78, 5) is 11.1. The highest BCUT2D eigenvalue weighted by molar-refractivity contribution is 5.92. The third-order valence-electron chi connectivity index (χ3n) is 3.39. The van der Waals surface area contributed by atoms with Crippen LogP contribution in [0, 0.1) is 5.82 Å². The van der Waals surface area contributed by atoms with Crippen LogP contribution in [-0.2, 0) is 0 Å². The van der Waals surface area contributed by atoms with Gasteiger partial charge in [0.25, 0.3) is 0 Å². The molecule has 1 aliphatic rings. The zero-order valence-corrected chi connectivity index (χ0v) is 11.3. The third-order valence-corrected chi connectivity index (χ3v) is 3.39. The predicted molar refractivity (Wildman–Crippen MR) is 77.0 cm³/mol. The van der Waals surface area contributed by atoms with Crippen LogP contribution in [0.1, 0.15) is 28.4 Å². The largest absolute Gasteiger partial charge is 0.486 e. The number of ether oxygens (including phenoxy) is 1. The highest BCUT2D eigenvalue weighted by atomic mass is 19.1.